The standard InChI is InChI=1S/C16H18F3N3O2/c1-11-9-14(21-24-11)20-15(23)7-8-22(2)10-12-5-3-4-6-13(12)16(17,18)19/h3-6,9H,7-8,10H2,1-2H3,(H,20,21,23). The van der Waals surface area contributed by atoms with E-state index in [1.54, 1.807) is 31.0 Å². The first-order valence-corrected chi connectivity index (χ1v) is 7.32. The van der Waals surface area contributed by atoms with Crippen LogP contribution in [0.5, 0.6) is 0 Å². The summed E-state index contributed by atoms with van der Waals surface area (Å²) in [5.74, 6) is 0.619. The normalized spacial score (nSPS) is 11.8. The number of amides is 1. The van der Waals surface area contributed by atoms with Crippen LogP contribution < -0.4 is 5.32 Å². The van der Waals surface area contributed by atoms with Gasteiger partial charge in [-0.2, -0.15) is 13.2 Å². The van der Waals surface area contributed by atoms with Crippen molar-refractivity contribution in [2.75, 3.05) is 18.9 Å². The minimum atomic E-state index is -4.39. The van der Waals surface area contributed by atoms with Crippen molar-refractivity contribution in [2.45, 2.75) is 26.1 Å². The van der Waals surface area contributed by atoms with E-state index in [4.69, 9.17) is 4.52 Å². The van der Waals surface area contributed by atoms with Gasteiger partial charge in [-0.1, -0.05) is 23.4 Å². The number of anilines is 1. The Balaban J connectivity index is 1.87. The summed E-state index contributed by atoms with van der Waals surface area (Å²) in [5.41, 5.74) is -0.473. The van der Waals surface area contributed by atoms with Crippen molar-refractivity contribution in [1.82, 2.24) is 10.1 Å². The Kier molecular flexibility index (Phi) is 5.61. The van der Waals surface area contributed by atoms with Gasteiger partial charge in [0.15, 0.2) is 5.82 Å². The number of hydrogen-bond donors (Lipinski definition) is 1. The maximum atomic E-state index is 13.0. The van der Waals surface area contributed by atoms with Crippen molar-refractivity contribution in [3.8, 4) is 0 Å². The van der Waals surface area contributed by atoms with Crippen LogP contribution in [0.25, 0.3) is 0 Å². The number of hydrogen-bond acceptors (Lipinski definition) is 4. The van der Waals surface area contributed by atoms with E-state index in [-0.39, 0.29) is 24.4 Å². The fourth-order valence-corrected chi connectivity index (χ4v) is 2.23. The molecule has 0 aliphatic rings. The second kappa shape index (κ2) is 7.48. The number of aryl methyl sites for hydroxylation is 1. The molecule has 0 radical (unpaired) electrons. The Hall–Kier alpha value is -2.35. The van der Waals surface area contributed by atoms with Gasteiger partial charge in [-0.05, 0) is 25.6 Å². The molecule has 2 rings (SSSR count). The highest BCUT2D eigenvalue weighted by atomic mass is 19.4. The van der Waals surface area contributed by atoms with Crippen LogP contribution in [-0.2, 0) is 17.5 Å². The minimum Gasteiger partial charge on any atom is -0.360 e. The van der Waals surface area contributed by atoms with Crippen molar-refractivity contribution in [3.63, 3.8) is 0 Å². The third-order valence-corrected chi connectivity index (χ3v) is 3.38. The van der Waals surface area contributed by atoms with Gasteiger partial charge in [0.2, 0.25) is 5.91 Å². The number of aromatic nitrogens is 1. The minimum absolute atomic E-state index is 0.103. The molecule has 0 saturated carbocycles. The number of carbonyl (C=O) groups is 1. The predicted octanol–water partition coefficient (Wildman–Crippen LogP) is 3.46. The van der Waals surface area contributed by atoms with E-state index in [0.29, 0.717) is 18.1 Å². The summed E-state index contributed by atoms with van der Waals surface area (Å²) >= 11 is 0. The summed E-state index contributed by atoms with van der Waals surface area (Å²) in [4.78, 5) is 13.5. The Morgan fingerprint density at radius 3 is 2.67 bits per heavy atom. The average molecular weight is 341 g/mol. The molecule has 0 spiro atoms. The average Bonchev–Trinajstić information content (AvgIpc) is 2.90. The van der Waals surface area contributed by atoms with Gasteiger partial charge in [0, 0.05) is 25.6 Å². The molecule has 0 aliphatic carbocycles. The number of rotatable bonds is 6. The van der Waals surface area contributed by atoms with Gasteiger partial charge in [0.05, 0.1) is 5.56 Å². The molecule has 0 saturated heterocycles. The number of carbonyl (C=O) groups excluding carboxylic acids is 1. The van der Waals surface area contributed by atoms with Crippen molar-refractivity contribution >= 4 is 11.7 Å². The summed E-state index contributed by atoms with van der Waals surface area (Å²) in [7, 11) is 1.67. The fraction of sp³-hybridized carbons (Fsp3) is 0.375. The fourth-order valence-electron chi connectivity index (χ4n) is 2.23. The predicted molar refractivity (Wildman–Crippen MR) is 82.3 cm³/mol. The first-order valence-electron chi connectivity index (χ1n) is 7.32. The molecule has 0 bridgehead atoms. The second-order valence-electron chi connectivity index (χ2n) is 5.51. The van der Waals surface area contributed by atoms with Gasteiger partial charge >= 0.3 is 6.18 Å². The smallest absolute Gasteiger partial charge is 0.360 e. The Bertz CT molecular complexity index is 698. The van der Waals surface area contributed by atoms with Crippen molar-refractivity contribution in [2.24, 2.45) is 0 Å². The van der Waals surface area contributed by atoms with Crippen molar-refractivity contribution in [1.29, 1.82) is 0 Å². The monoisotopic (exact) mass is 341 g/mol. The molecule has 130 valence electrons. The molecule has 1 amide bonds. The van der Waals surface area contributed by atoms with Crippen molar-refractivity contribution < 1.29 is 22.5 Å². The summed E-state index contributed by atoms with van der Waals surface area (Å²) in [5, 5.41) is 6.21. The van der Waals surface area contributed by atoms with Crippen LogP contribution in [0.15, 0.2) is 34.9 Å². The SMILES string of the molecule is Cc1cc(NC(=O)CCN(C)Cc2ccccc2C(F)(F)F)no1. The molecular formula is C16H18F3N3O2. The van der Waals surface area contributed by atoms with Gasteiger partial charge < -0.3 is 14.7 Å². The molecule has 0 atom stereocenters. The molecule has 24 heavy (non-hydrogen) atoms. The van der Waals surface area contributed by atoms with E-state index in [1.807, 2.05) is 0 Å². The molecule has 5 nitrogen and oxygen atoms in total. The largest absolute Gasteiger partial charge is 0.416 e. The second-order valence-corrected chi connectivity index (χ2v) is 5.51. The number of alkyl halides is 3. The van der Waals surface area contributed by atoms with Gasteiger partial charge in [-0.15, -0.1) is 0 Å². The lowest BCUT2D eigenvalue weighted by molar-refractivity contribution is -0.138. The zero-order valence-electron chi connectivity index (χ0n) is 13.4. The highest BCUT2D eigenvalue weighted by Gasteiger charge is 2.32. The van der Waals surface area contributed by atoms with E-state index in [1.165, 1.54) is 12.1 Å². The molecule has 1 aromatic carbocycles. The third kappa shape index (κ3) is 5.09. The quantitative estimate of drug-likeness (QED) is 0.874. The molecule has 2 aromatic rings. The molecule has 1 N–H and O–H groups in total. The number of halogens is 3. The maximum Gasteiger partial charge on any atom is 0.416 e. The van der Waals surface area contributed by atoms with Crippen LogP contribution in [0, 0.1) is 6.92 Å². The number of nitrogens with one attached hydrogen (secondary N) is 1. The zero-order chi connectivity index (χ0) is 17.7. The molecule has 0 unspecified atom stereocenters. The van der Waals surface area contributed by atoms with E-state index in [0.717, 1.165) is 6.07 Å². The van der Waals surface area contributed by atoms with E-state index >= 15 is 0 Å². The highest BCUT2D eigenvalue weighted by Crippen LogP contribution is 2.32. The summed E-state index contributed by atoms with van der Waals surface area (Å²) in [6.07, 6.45) is -4.25. The van der Waals surface area contributed by atoms with Crippen LogP contribution >= 0.6 is 0 Å². The lowest BCUT2D eigenvalue weighted by Crippen LogP contribution is -2.25. The van der Waals surface area contributed by atoms with Gasteiger partial charge in [0.1, 0.15) is 5.76 Å². The molecule has 8 heteroatoms. The van der Waals surface area contributed by atoms with Gasteiger partial charge in [0.25, 0.3) is 0 Å². The number of benzene rings is 1. The Labute approximate surface area is 137 Å². The van der Waals surface area contributed by atoms with Crippen LogP contribution in [0.1, 0.15) is 23.3 Å². The molecule has 0 fully saturated rings. The van der Waals surface area contributed by atoms with Crippen molar-refractivity contribution in [3.05, 3.63) is 47.2 Å². The molecule has 1 heterocycles. The molecular weight excluding hydrogens is 323 g/mol. The molecule has 1 aromatic heterocycles. The van der Waals surface area contributed by atoms with Gasteiger partial charge in [-0.3, -0.25) is 4.79 Å². The Morgan fingerprint density at radius 2 is 2.04 bits per heavy atom. The van der Waals surface area contributed by atoms with E-state index in [9.17, 15) is 18.0 Å². The highest BCUT2D eigenvalue weighted by molar-refractivity contribution is 5.89. The number of nitrogens with zero attached hydrogens (tertiary/aromatic N) is 2. The van der Waals surface area contributed by atoms with Crippen LogP contribution in [0.4, 0.5) is 19.0 Å². The topological polar surface area (TPSA) is 58.4 Å². The summed E-state index contributed by atoms with van der Waals surface area (Å²) in [6.45, 7) is 2.12. The first-order chi connectivity index (χ1) is 11.3. The molecule has 0 aliphatic heterocycles. The maximum absolute atomic E-state index is 13.0. The zero-order valence-corrected chi connectivity index (χ0v) is 13.4. The van der Waals surface area contributed by atoms with Crippen LogP contribution in [0.3, 0.4) is 0 Å². The summed E-state index contributed by atoms with van der Waals surface area (Å²) in [6, 6.07) is 7.01. The third-order valence-electron chi connectivity index (χ3n) is 3.38. The van der Waals surface area contributed by atoms with Gasteiger partial charge in [-0.25, -0.2) is 0 Å². The summed E-state index contributed by atoms with van der Waals surface area (Å²) < 4.78 is 43.7. The van der Waals surface area contributed by atoms with Crippen LogP contribution in [0.2, 0.25) is 0 Å². The van der Waals surface area contributed by atoms with E-state index in [2.05, 4.69) is 10.5 Å². The lowest BCUT2D eigenvalue weighted by Gasteiger charge is -2.19. The van der Waals surface area contributed by atoms with E-state index < -0.39 is 11.7 Å². The lowest BCUT2D eigenvalue weighted by atomic mass is 10.1. The first kappa shape index (κ1) is 18.0. The Morgan fingerprint density at radius 1 is 1.33 bits per heavy atom. The van der Waals surface area contributed by atoms with Crippen LogP contribution in [-0.4, -0.2) is 29.6 Å².